The average molecular weight is 350 g/mol. The summed E-state index contributed by atoms with van der Waals surface area (Å²) in [7, 11) is 1.71. The maximum atomic E-state index is 5.88. The van der Waals surface area contributed by atoms with Gasteiger partial charge in [-0.2, -0.15) is 0 Å². The molecule has 2 aromatic rings. The molecule has 0 heterocycles. The molecule has 0 saturated carbocycles. The van der Waals surface area contributed by atoms with Crippen LogP contribution in [0.3, 0.4) is 0 Å². The number of benzene rings is 2. The molecular weight excluding hydrogens is 330 g/mol. The molecule has 0 bridgehead atoms. The Labute approximate surface area is 134 Å². The quantitative estimate of drug-likeness (QED) is 0.837. The summed E-state index contributed by atoms with van der Waals surface area (Å²) in [5.74, 6) is 1.59. The van der Waals surface area contributed by atoms with Gasteiger partial charge < -0.3 is 15.2 Å². The zero-order valence-electron chi connectivity index (χ0n) is 12.3. The zero-order valence-corrected chi connectivity index (χ0v) is 13.9. The number of ether oxygens (including phenoxy) is 2. The summed E-state index contributed by atoms with van der Waals surface area (Å²) >= 11 is 3.52. The van der Waals surface area contributed by atoms with E-state index in [2.05, 4.69) is 28.1 Å². The third-order valence-corrected chi connectivity index (χ3v) is 3.85. The van der Waals surface area contributed by atoms with E-state index in [1.165, 1.54) is 5.56 Å². The van der Waals surface area contributed by atoms with Crippen LogP contribution in [0.25, 0.3) is 0 Å². The van der Waals surface area contributed by atoms with Crippen molar-refractivity contribution in [2.45, 2.75) is 19.4 Å². The van der Waals surface area contributed by atoms with E-state index in [4.69, 9.17) is 15.2 Å². The number of halogens is 1. The van der Waals surface area contributed by atoms with Gasteiger partial charge in [0.1, 0.15) is 11.5 Å². The molecule has 4 heteroatoms. The van der Waals surface area contributed by atoms with Gasteiger partial charge in [0.25, 0.3) is 0 Å². The zero-order chi connectivity index (χ0) is 15.2. The van der Waals surface area contributed by atoms with Crippen LogP contribution in [0.1, 0.15) is 24.1 Å². The van der Waals surface area contributed by atoms with Crippen molar-refractivity contribution in [2.24, 2.45) is 5.73 Å². The second-order valence-electron chi connectivity index (χ2n) is 4.97. The Morgan fingerprint density at radius 2 is 1.86 bits per heavy atom. The van der Waals surface area contributed by atoms with Gasteiger partial charge in [0, 0.05) is 13.2 Å². The van der Waals surface area contributed by atoms with E-state index in [1.54, 1.807) is 7.11 Å². The summed E-state index contributed by atoms with van der Waals surface area (Å²) in [6.45, 7) is 2.69. The summed E-state index contributed by atoms with van der Waals surface area (Å²) in [5, 5.41) is 0. The Morgan fingerprint density at radius 1 is 1.14 bits per heavy atom. The van der Waals surface area contributed by atoms with Crippen LogP contribution in [0.4, 0.5) is 0 Å². The van der Waals surface area contributed by atoms with Crippen molar-refractivity contribution >= 4 is 15.9 Å². The van der Waals surface area contributed by atoms with Gasteiger partial charge in [0.05, 0.1) is 11.1 Å². The third kappa shape index (κ3) is 4.56. The second-order valence-corrected chi connectivity index (χ2v) is 5.82. The highest BCUT2D eigenvalue weighted by Gasteiger charge is 2.06. The average Bonchev–Trinajstić information content (AvgIpc) is 2.48. The molecule has 0 aliphatic rings. The molecule has 21 heavy (non-hydrogen) atoms. The minimum absolute atomic E-state index is 0.00965. The predicted molar refractivity (Wildman–Crippen MR) is 88.8 cm³/mol. The smallest absolute Gasteiger partial charge is 0.141 e. The number of hydrogen-bond donors (Lipinski definition) is 1. The van der Waals surface area contributed by atoms with Crippen LogP contribution < -0.4 is 10.5 Å². The molecular formula is C17H20BrNO2. The van der Waals surface area contributed by atoms with Crippen LogP contribution in [0.15, 0.2) is 46.9 Å². The normalized spacial score (nSPS) is 12.2. The van der Waals surface area contributed by atoms with E-state index in [-0.39, 0.29) is 6.04 Å². The van der Waals surface area contributed by atoms with Gasteiger partial charge in [0.15, 0.2) is 0 Å². The van der Waals surface area contributed by atoms with Crippen molar-refractivity contribution < 1.29 is 9.47 Å². The van der Waals surface area contributed by atoms with Gasteiger partial charge in [-0.1, -0.05) is 18.2 Å². The summed E-state index contributed by atoms with van der Waals surface area (Å²) in [6.07, 6.45) is 0.906. The Balaban J connectivity index is 2.07. The lowest BCUT2D eigenvalue weighted by molar-refractivity contribution is 0.202. The van der Waals surface area contributed by atoms with E-state index in [0.717, 1.165) is 34.6 Å². The maximum absolute atomic E-state index is 5.88. The van der Waals surface area contributed by atoms with Crippen LogP contribution >= 0.6 is 15.9 Å². The summed E-state index contributed by atoms with van der Waals surface area (Å²) in [4.78, 5) is 0. The first-order chi connectivity index (χ1) is 10.1. The second kappa shape index (κ2) is 7.59. The molecule has 112 valence electrons. The van der Waals surface area contributed by atoms with Crippen LogP contribution in [0.5, 0.6) is 11.5 Å². The fraction of sp³-hybridized carbons (Fsp3) is 0.294. The molecule has 0 fully saturated rings. The van der Waals surface area contributed by atoms with E-state index < -0.39 is 0 Å². The lowest BCUT2D eigenvalue weighted by atomic mass is 10.1. The van der Waals surface area contributed by atoms with E-state index >= 15 is 0 Å². The highest BCUT2D eigenvalue weighted by atomic mass is 79.9. The van der Waals surface area contributed by atoms with Crippen molar-refractivity contribution in [1.82, 2.24) is 0 Å². The minimum atomic E-state index is 0.00965. The summed E-state index contributed by atoms with van der Waals surface area (Å²) < 4.78 is 11.9. The number of nitrogens with two attached hydrogens (primary N) is 1. The molecule has 2 N–H and O–H groups in total. The molecule has 2 aromatic carbocycles. The Hall–Kier alpha value is -1.36. The molecule has 0 spiro atoms. The fourth-order valence-corrected chi connectivity index (χ4v) is 2.43. The van der Waals surface area contributed by atoms with Crippen molar-refractivity contribution in [3.05, 3.63) is 58.1 Å². The predicted octanol–water partition coefficient (Wildman–Crippen LogP) is 4.45. The summed E-state index contributed by atoms with van der Waals surface area (Å²) in [6, 6.07) is 14.0. The molecule has 1 atom stereocenters. The molecule has 2 rings (SSSR count). The molecule has 0 radical (unpaired) electrons. The van der Waals surface area contributed by atoms with Crippen LogP contribution in [-0.2, 0) is 11.2 Å². The first kappa shape index (κ1) is 16.0. The first-order valence-electron chi connectivity index (χ1n) is 6.91. The van der Waals surface area contributed by atoms with Crippen molar-refractivity contribution in [3.8, 4) is 11.5 Å². The van der Waals surface area contributed by atoms with E-state index in [0.29, 0.717) is 0 Å². The topological polar surface area (TPSA) is 44.5 Å². The Bertz CT molecular complexity index is 582. The monoisotopic (exact) mass is 349 g/mol. The third-order valence-electron chi connectivity index (χ3n) is 3.23. The largest absolute Gasteiger partial charge is 0.456 e. The SMILES string of the molecule is COCCc1ccc(Oc2ccc([C@@H](C)N)cc2Br)cc1. The molecule has 0 unspecified atom stereocenters. The number of hydrogen-bond acceptors (Lipinski definition) is 3. The van der Waals surface area contributed by atoms with Gasteiger partial charge in [-0.05, 0) is 64.7 Å². The first-order valence-corrected chi connectivity index (χ1v) is 7.70. The standard InChI is InChI=1S/C17H20BrNO2/c1-12(19)14-5-8-17(16(18)11-14)21-15-6-3-13(4-7-15)9-10-20-2/h3-8,11-12H,9-10,19H2,1-2H3/t12-/m1/s1. The number of rotatable bonds is 6. The highest BCUT2D eigenvalue weighted by molar-refractivity contribution is 9.10. The molecule has 3 nitrogen and oxygen atoms in total. The van der Waals surface area contributed by atoms with Crippen molar-refractivity contribution in [2.75, 3.05) is 13.7 Å². The maximum Gasteiger partial charge on any atom is 0.141 e. The van der Waals surface area contributed by atoms with Crippen molar-refractivity contribution in [1.29, 1.82) is 0 Å². The van der Waals surface area contributed by atoms with Gasteiger partial charge in [-0.15, -0.1) is 0 Å². The Morgan fingerprint density at radius 3 is 2.43 bits per heavy atom. The lowest BCUT2D eigenvalue weighted by Gasteiger charge is -2.11. The van der Waals surface area contributed by atoms with Gasteiger partial charge in [-0.25, -0.2) is 0 Å². The molecule has 0 aliphatic heterocycles. The molecule has 0 saturated heterocycles. The molecule has 0 amide bonds. The van der Waals surface area contributed by atoms with Crippen LogP contribution in [0, 0.1) is 0 Å². The van der Waals surface area contributed by atoms with Crippen molar-refractivity contribution in [3.63, 3.8) is 0 Å². The van der Waals surface area contributed by atoms with Gasteiger partial charge >= 0.3 is 0 Å². The van der Waals surface area contributed by atoms with E-state index in [1.807, 2.05) is 37.3 Å². The van der Waals surface area contributed by atoms with Crippen LogP contribution in [0.2, 0.25) is 0 Å². The lowest BCUT2D eigenvalue weighted by Crippen LogP contribution is -2.04. The Kier molecular flexibility index (Phi) is 5.79. The molecule has 0 aliphatic carbocycles. The van der Waals surface area contributed by atoms with E-state index in [9.17, 15) is 0 Å². The molecule has 0 aromatic heterocycles. The minimum Gasteiger partial charge on any atom is -0.456 e. The van der Waals surface area contributed by atoms with Gasteiger partial charge in [0.2, 0.25) is 0 Å². The van der Waals surface area contributed by atoms with Gasteiger partial charge in [-0.3, -0.25) is 0 Å². The summed E-state index contributed by atoms with van der Waals surface area (Å²) in [5.41, 5.74) is 8.18. The highest BCUT2D eigenvalue weighted by Crippen LogP contribution is 2.31. The van der Waals surface area contributed by atoms with Crippen LogP contribution in [-0.4, -0.2) is 13.7 Å². The number of methoxy groups -OCH3 is 1. The fourth-order valence-electron chi connectivity index (χ4n) is 1.95.